The maximum Gasteiger partial charge on any atom is 0.132 e. The van der Waals surface area contributed by atoms with Crippen LogP contribution in [-0.2, 0) is 4.79 Å². The molecule has 0 spiro atoms. The zero-order valence-electron chi connectivity index (χ0n) is 19.5. The van der Waals surface area contributed by atoms with Gasteiger partial charge >= 0.3 is 0 Å². The van der Waals surface area contributed by atoms with Gasteiger partial charge in [-0.3, -0.25) is 4.79 Å². The molecule has 0 aromatic rings. The number of hydrogen-bond donors (Lipinski definition) is 1. The van der Waals surface area contributed by atoms with E-state index in [0.29, 0.717) is 12.4 Å². The first kappa shape index (κ1) is 28.1. The molecule has 0 aromatic heterocycles. The van der Waals surface area contributed by atoms with Gasteiger partial charge in [-0.2, -0.15) is 0 Å². The van der Waals surface area contributed by atoms with E-state index in [0.717, 1.165) is 44.9 Å². The molecule has 29 heavy (non-hydrogen) atoms. The lowest BCUT2D eigenvalue weighted by Gasteiger charge is -2.03. The van der Waals surface area contributed by atoms with Crippen LogP contribution in [0, 0.1) is 0 Å². The van der Waals surface area contributed by atoms with Gasteiger partial charge in [0, 0.05) is 19.4 Å². The van der Waals surface area contributed by atoms with Gasteiger partial charge in [-0.15, -0.1) is 0 Å². The van der Waals surface area contributed by atoms with Gasteiger partial charge in [0.15, 0.2) is 0 Å². The molecule has 2 heteroatoms. The van der Waals surface area contributed by atoms with Crippen molar-refractivity contribution in [2.75, 3.05) is 6.61 Å². The molecule has 170 valence electrons. The Hall–Kier alpha value is -0.890. The quantitative estimate of drug-likeness (QED) is 0.136. The Morgan fingerprint density at radius 1 is 0.586 bits per heavy atom. The Labute approximate surface area is 182 Å². The van der Waals surface area contributed by atoms with Crippen LogP contribution in [0.4, 0.5) is 0 Å². The third-order valence-electron chi connectivity index (χ3n) is 5.52. The van der Waals surface area contributed by atoms with Crippen molar-refractivity contribution >= 4 is 5.78 Å². The Bertz CT molecular complexity index is 384. The molecule has 0 aliphatic carbocycles. The van der Waals surface area contributed by atoms with Gasteiger partial charge in [0.05, 0.1) is 0 Å². The van der Waals surface area contributed by atoms with E-state index in [2.05, 4.69) is 31.2 Å². The van der Waals surface area contributed by atoms with E-state index in [4.69, 9.17) is 5.11 Å². The highest BCUT2D eigenvalue weighted by Crippen LogP contribution is 2.12. The zero-order chi connectivity index (χ0) is 21.3. The van der Waals surface area contributed by atoms with Gasteiger partial charge in [0.1, 0.15) is 5.78 Å². The Morgan fingerprint density at radius 3 is 1.55 bits per heavy atom. The van der Waals surface area contributed by atoms with Crippen molar-refractivity contribution < 1.29 is 9.90 Å². The molecule has 0 amide bonds. The first-order chi connectivity index (χ1) is 14.3. The van der Waals surface area contributed by atoms with Crippen molar-refractivity contribution in [2.24, 2.45) is 0 Å². The molecule has 2 nitrogen and oxygen atoms in total. The summed E-state index contributed by atoms with van der Waals surface area (Å²) < 4.78 is 0. The summed E-state index contributed by atoms with van der Waals surface area (Å²) >= 11 is 0. The fourth-order valence-corrected chi connectivity index (χ4v) is 3.58. The highest BCUT2D eigenvalue weighted by atomic mass is 16.2. The van der Waals surface area contributed by atoms with Crippen LogP contribution in [0.1, 0.15) is 135 Å². The van der Waals surface area contributed by atoms with Crippen LogP contribution in [0.15, 0.2) is 24.3 Å². The van der Waals surface area contributed by atoms with Gasteiger partial charge in [0.2, 0.25) is 0 Å². The van der Waals surface area contributed by atoms with Crippen LogP contribution < -0.4 is 0 Å². The summed E-state index contributed by atoms with van der Waals surface area (Å²) in [5, 5.41) is 8.73. The molecule has 0 atom stereocenters. The average Bonchev–Trinajstić information content (AvgIpc) is 2.72. The maximum absolute atomic E-state index is 11.9. The lowest BCUT2D eigenvalue weighted by Crippen LogP contribution is -1.97. The van der Waals surface area contributed by atoms with Crippen LogP contribution >= 0.6 is 0 Å². The van der Waals surface area contributed by atoms with Crippen LogP contribution in [0.3, 0.4) is 0 Å². The summed E-state index contributed by atoms with van der Waals surface area (Å²) in [7, 11) is 0. The molecule has 0 unspecified atom stereocenters. The molecule has 0 saturated carbocycles. The maximum atomic E-state index is 11.9. The van der Waals surface area contributed by atoms with Gasteiger partial charge < -0.3 is 5.11 Å². The molecule has 0 rings (SSSR count). The van der Waals surface area contributed by atoms with E-state index in [9.17, 15) is 4.79 Å². The normalized spacial score (nSPS) is 11.8. The summed E-state index contributed by atoms with van der Waals surface area (Å²) in [5.74, 6) is 0.463. The van der Waals surface area contributed by atoms with E-state index < -0.39 is 0 Å². The lowest BCUT2D eigenvalue weighted by molar-refractivity contribution is -0.119. The Kier molecular flexibility index (Phi) is 24.4. The molecule has 0 radical (unpaired) electrons. The molecule has 0 aliphatic heterocycles. The summed E-state index contributed by atoms with van der Waals surface area (Å²) in [6.45, 7) is 2.56. The Balaban J connectivity index is 3.24. The van der Waals surface area contributed by atoms with Gasteiger partial charge in [0.25, 0.3) is 0 Å². The monoisotopic (exact) mass is 406 g/mol. The summed E-state index contributed by atoms with van der Waals surface area (Å²) in [6.07, 6.45) is 32.5. The number of carbonyl (C=O) groups is 1. The van der Waals surface area contributed by atoms with Gasteiger partial charge in [-0.25, -0.2) is 0 Å². The molecule has 0 bridgehead atoms. The van der Waals surface area contributed by atoms with Crippen LogP contribution in [0.5, 0.6) is 0 Å². The minimum atomic E-state index is 0.312. The second-order valence-corrected chi connectivity index (χ2v) is 8.47. The number of hydrogen-bond acceptors (Lipinski definition) is 2. The van der Waals surface area contributed by atoms with E-state index in [1.54, 1.807) is 0 Å². The molecule has 0 saturated heterocycles. The van der Waals surface area contributed by atoms with Crippen molar-refractivity contribution in [3.8, 4) is 0 Å². The first-order valence-electron chi connectivity index (χ1n) is 12.7. The third kappa shape index (κ3) is 25.1. The van der Waals surface area contributed by atoms with E-state index in [1.165, 1.54) is 83.5 Å². The van der Waals surface area contributed by atoms with E-state index in [-0.39, 0.29) is 0 Å². The highest BCUT2D eigenvalue weighted by Gasteiger charge is 2.02. The number of ketones is 1. The topological polar surface area (TPSA) is 37.3 Å². The van der Waals surface area contributed by atoms with Crippen LogP contribution in [0.2, 0.25) is 0 Å². The second kappa shape index (κ2) is 25.1. The third-order valence-corrected chi connectivity index (χ3v) is 5.52. The SMILES string of the molecule is CCCCCC=CCC=CCCCCCCCCC(=O)CCCCCCCCO. The number of rotatable bonds is 23. The number of aliphatic hydroxyl groups excluding tert-OH is 1. The van der Waals surface area contributed by atoms with Gasteiger partial charge in [-0.05, 0) is 51.4 Å². The molecular formula is C27H50O2. The van der Waals surface area contributed by atoms with E-state index >= 15 is 0 Å². The molecule has 1 N–H and O–H groups in total. The summed E-state index contributed by atoms with van der Waals surface area (Å²) in [5.41, 5.74) is 0. The number of aliphatic hydroxyl groups is 1. The summed E-state index contributed by atoms with van der Waals surface area (Å²) in [6, 6.07) is 0. The van der Waals surface area contributed by atoms with E-state index in [1.807, 2.05) is 0 Å². The Morgan fingerprint density at radius 2 is 1.03 bits per heavy atom. The van der Waals surface area contributed by atoms with Gasteiger partial charge in [-0.1, -0.05) is 95.4 Å². The fourth-order valence-electron chi connectivity index (χ4n) is 3.58. The first-order valence-corrected chi connectivity index (χ1v) is 12.7. The highest BCUT2D eigenvalue weighted by molar-refractivity contribution is 5.78. The van der Waals surface area contributed by atoms with Crippen LogP contribution in [0.25, 0.3) is 0 Å². The van der Waals surface area contributed by atoms with Crippen molar-refractivity contribution in [1.82, 2.24) is 0 Å². The lowest BCUT2D eigenvalue weighted by atomic mass is 10.0. The standard InChI is InChI=1S/C27H50O2/c1-2-3-4-5-6-7-8-9-10-11-12-13-14-15-18-21-24-27(29)25-22-19-16-17-20-23-26-28/h6-7,9-10,28H,2-5,8,11-26H2,1H3. The van der Waals surface area contributed by atoms with Crippen molar-refractivity contribution in [3.63, 3.8) is 0 Å². The molecule has 0 fully saturated rings. The van der Waals surface area contributed by atoms with Crippen LogP contribution in [-0.4, -0.2) is 17.5 Å². The second-order valence-electron chi connectivity index (χ2n) is 8.47. The smallest absolute Gasteiger partial charge is 0.132 e. The molecule has 0 aromatic carbocycles. The number of unbranched alkanes of at least 4 members (excludes halogenated alkanes) is 14. The minimum absolute atomic E-state index is 0.312. The molecular weight excluding hydrogens is 356 g/mol. The van der Waals surface area contributed by atoms with Crippen molar-refractivity contribution in [3.05, 3.63) is 24.3 Å². The number of allylic oxidation sites excluding steroid dienone is 4. The number of carbonyl (C=O) groups excluding carboxylic acids is 1. The predicted octanol–water partition coefficient (Wildman–Crippen LogP) is 8.48. The van der Waals surface area contributed by atoms with Crippen molar-refractivity contribution in [2.45, 2.75) is 135 Å². The fraction of sp³-hybridized carbons (Fsp3) is 0.815. The number of Topliss-reactive ketones (excluding diaryl/α,β-unsaturated/α-hetero) is 1. The molecule has 0 heterocycles. The summed E-state index contributed by atoms with van der Waals surface area (Å²) in [4.78, 5) is 11.9. The largest absolute Gasteiger partial charge is 0.396 e. The van der Waals surface area contributed by atoms with Crippen molar-refractivity contribution in [1.29, 1.82) is 0 Å². The average molecular weight is 407 g/mol. The zero-order valence-corrected chi connectivity index (χ0v) is 19.5. The minimum Gasteiger partial charge on any atom is -0.396 e. The predicted molar refractivity (Wildman–Crippen MR) is 128 cm³/mol. The molecule has 0 aliphatic rings.